The Labute approximate surface area is 203 Å². The quantitative estimate of drug-likeness (QED) is 0.313. The van der Waals surface area contributed by atoms with Crippen LogP contribution in [0.5, 0.6) is 0 Å². The average Bonchev–Trinajstić information content (AvgIpc) is 2.77. The van der Waals surface area contributed by atoms with E-state index in [4.69, 9.17) is 9.73 Å². The van der Waals surface area contributed by atoms with Gasteiger partial charge in [0, 0.05) is 38.9 Å². The third-order valence-electron chi connectivity index (χ3n) is 4.82. The Kier molecular flexibility index (Phi) is 10.5. The Morgan fingerprint density at radius 2 is 1.84 bits per heavy atom. The molecule has 0 aliphatic carbocycles. The second-order valence-corrected chi connectivity index (χ2v) is 7.26. The van der Waals surface area contributed by atoms with Gasteiger partial charge in [0.15, 0.2) is 5.96 Å². The van der Waals surface area contributed by atoms with Gasteiger partial charge in [-0.05, 0) is 30.2 Å². The first-order valence-electron chi connectivity index (χ1n) is 10.4. The molecule has 1 N–H and O–H groups in total. The van der Waals surface area contributed by atoms with Gasteiger partial charge in [0.05, 0.1) is 13.2 Å². The summed E-state index contributed by atoms with van der Waals surface area (Å²) in [5, 5.41) is 3.33. The van der Waals surface area contributed by atoms with Crippen molar-refractivity contribution in [2.45, 2.75) is 26.3 Å². The summed E-state index contributed by atoms with van der Waals surface area (Å²) >= 11 is 0. The molecule has 32 heavy (non-hydrogen) atoms. The minimum atomic E-state index is -4.32. The first kappa shape index (κ1) is 26.2. The van der Waals surface area contributed by atoms with Gasteiger partial charge in [-0.1, -0.05) is 30.3 Å². The van der Waals surface area contributed by atoms with Crippen LogP contribution >= 0.6 is 24.0 Å². The molecule has 0 spiro atoms. The second-order valence-electron chi connectivity index (χ2n) is 7.26. The lowest BCUT2D eigenvalue weighted by atomic mass is 10.1. The molecule has 2 heterocycles. The Balaban J connectivity index is 0.00000363. The molecule has 1 aromatic carbocycles. The maximum atomic E-state index is 12.3. The number of nitrogens with zero attached hydrogens (tertiary/aromatic N) is 4. The van der Waals surface area contributed by atoms with Crippen LogP contribution < -0.4 is 10.2 Å². The van der Waals surface area contributed by atoms with Crippen molar-refractivity contribution in [3.05, 3.63) is 59.8 Å². The molecule has 1 aliphatic heterocycles. The highest BCUT2D eigenvalue weighted by atomic mass is 127. The zero-order chi connectivity index (χ0) is 22.1. The van der Waals surface area contributed by atoms with E-state index in [-0.39, 0.29) is 30.6 Å². The fourth-order valence-corrected chi connectivity index (χ4v) is 3.38. The van der Waals surface area contributed by atoms with Crippen LogP contribution in [0.25, 0.3) is 0 Å². The molecule has 0 atom stereocenters. The molecule has 1 aliphatic rings. The largest absolute Gasteiger partial charge is 0.411 e. The maximum Gasteiger partial charge on any atom is 0.411 e. The number of anilines is 1. The molecule has 0 amide bonds. The van der Waals surface area contributed by atoms with E-state index in [1.165, 1.54) is 0 Å². The Morgan fingerprint density at radius 1 is 1.09 bits per heavy atom. The first-order valence-corrected chi connectivity index (χ1v) is 10.4. The van der Waals surface area contributed by atoms with Crippen LogP contribution in [0.2, 0.25) is 0 Å². The van der Waals surface area contributed by atoms with E-state index >= 15 is 0 Å². The Hall–Kier alpha value is -2.08. The highest BCUT2D eigenvalue weighted by Crippen LogP contribution is 2.16. The number of aromatic nitrogens is 1. The molecular formula is C22H29F3IN5O. The number of piperazine rings is 1. The summed E-state index contributed by atoms with van der Waals surface area (Å²) < 4.78 is 41.5. The molecule has 3 rings (SSSR count). The van der Waals surface area contributed by atoms with Crippen molar-refractivity contribution in [2.24, 2.45) is 4.99 Å². The summed E-state index contributed by atoms with van der Waals surface area (Å²) in [6.07, 6.45) is -2.52. The van der Waals surface area contributed by atoms with Gasteiger partial charge in [-0.2, -0.15) is 13.2 Å². The predicted octanol–water partition coefficient (Wildman–Crippen LogP) is 4.07. The van der Waals surface area contributed by atoms with E-state index in [1.54, 1.807) is 12.3 Å². The van der Waals surface area contributed by atoms with Crippen molar-refractivity contribution < 1.29 is 17.9 Å². The van der Waals surface area contributed by atoms with Crippen molar-refractivity contribution in [1.82, 2.24) is 15.2 Å². The summed E-state index contributed by atoms with van der Waals surface area (Å²) in [7, 11) is 0. The third kappa shape index (κ3) is 8.45. The van der Waals surface area contributed by atoms with Gasteiger partial charge >= 0.3 is 6.18 Å². The average molecular weight is 563 g/mol. The Morgan fingerprint density at radius 3 is 2.50 bits per heavy atom. The monoisotopic (exact) mass is 563 g/mol. The van der Waals surface area contributed by atoms with Gasteiger partial charge in [-0.25, -0.2) is 9.98 Å². The number of hydrogen-bond acceptors (Lipinski definition) is 4. The second kappa shape index (κ2) is 12.8. The molecule has 2 aromatic rings. The molecular weight excluding hydrogens is 534 g/mol. The van der Waals surface area contributed by atoms with E-state index in [0.29, 0.717) is 12.1 Å². The van der Waals surface area contributed by atoms with Crippen molar-refractivity contribution in [1.29, 1.82) is 0 Å². The van der Waals surface area contributed by atoms with E-state index in [0.717, 1.165) is 50.1 Å². The van der Waals surface area contributed by atoms with Crippen LogP contribution in [0.3, 0.4) is 0 Å². The van der Waals surface area contributed by atoms with E-state index in [9.17, 15) is 13.2 Å². The summed E-state index contributed by atoms with van der Waals surface area (Å²) in [4.78, 5) is 13.6. The smallest absolute Gasteiger partial charge is 0.367 e. The predicted molar refractivity (Wildman–Crippen MR) is 130 cm³/mol. The number of rotatable bonds is 7. The number of halogens is 4. The molecule has 10 heteroatoms. The van der Waals surface area contributed by atoms with E-state index < -0.39 is 12.8 Å². The standard InChI is InChI=1S/C22H28F3N5O.HI/c1-2-26-21(30-12-10-29(11-13-30)20-8-3-4-9-27-20)28-15-18-6-5-7-19(14-18)16-31-17-22(23,24)25;/h3-9,14H,2,10-13,15-17H2,1H3,(H,26,28);1H. The van der Waals surface area contributed by atoms with Crippen LogP contribution in [0, 0.1) is 0 Å². The lowest BCUT2D eigenvalue weighted by Gasteiger charge is -2.37. The van der Waals surface area contributed by atoms with Crippen molar-refractivity contribution >= 4 is 35.8 Å². The number of aliphatic imine (C=N–C) groups is 1. The molecule has 1 saturated heterocycles. The number of alkyl halides is 3. The third-order valence-corrected chi connectivity index (χ3v) is 4.82. The lowest BCUT2D eigenvalue weighted by Crippen LogP contribution is -2.52. The van der Waals surface area contributed by atoms with Gasteiger partial charge in [0.1, 0.15) is 12.4 Å². The van der Waals surface area contributed by atoms with Crippen molar-refractivity contribution in [3.8, 4) is 0 Å². The number of ether oxygens (including phenoxy) is 1. The minimum Gasteiger partial charge on any atom is -0.367 e. The van der Waals surface area contributed by atoms with Crippen molar-refractivity contribution in [2.75, 3.05) is 44.2 Å². The van der Waals surface area contributed by atoms with Gasteiger partial charge in [0.2, 0.25) is 0 Å². The number of guanidine groups is 1. The molecule has 0 saturated carbocycles. The molecule has 176 valence electrons. The zero-order valence-electron chi connectivity index (χ0n) is 18.0. The molecule has 0 bridgehead atoms. The number of benzene rings is 1. The fraction of sp³-hybridized carbons (Fsp3) is 0.455. The highest BCUT2D eigenvalue weighted by Gasteiger charge is 2.27. The van der Waals surface area contributed by atoms with Crippen LogP contribution in [0.15, 0.2) is 53.7 Å². The van der Waals surface area contributed by atoms with E-state index in [2.05, 4.69) is 20.1 Å². The SMILES string of the molecule is CCNC(=NCc1cccc(COCC(F)(F)F)c1)N1CCN(c2ccccn2)CC1.I. The molecule has 0 unspecified atom stereocenters. The lowest BCUT2D eigenvalue weighted by molar-refractivity contribution is -0.176. The van der Waals surface area contributed by atoms with Gasteiger partial charge in [-0.3, -0.25) is 0 Å². The first-order chi connectivity index (χ1) is 14.9. The molecule has 1 fully saturated rings. The molecule has 0 radical (unpaired) electrons. The number of pyridine rings is 1. The number of hydrogen-bond donors (Lipinski definition) is 1. The molecule has 1 aromatic heterocycles. The highest BCUT2D eigenvalue weighted by molar-refractivity contribution is 14.0. The summed E-state index contributed by atoms with van der Waals surface area (Å²) in [6.45, 7) is 5.26. The van der Waals surface area contributed by atoms with E-state index in [1.807, 2.05) is 43.3 Å². The minimum absolute atomic E-state index is 0. The summed E-state index contributed by atoms with van der Waals surface area (Å²) in [5.74, 6) is 1.82. The van der Waals surface area contributed by atoms with Gasteiger partial charge in [-0.15, -0.1) is 24.0 Å². The van der Waals surface area contributed by atoms with Crippen LogP contribution in [-0.4, -0.2) is 61.4 Å². The zero-order valence-corrected chi connectivity index (χ0v) is 20.3. The van der Waals surface area contributed by atoms with Gasteiger partial charge in [0.25, 0.3) is 0 Å². The molecule has 6 nitrogen and oxygen atoms in total. The normalized spacial score (nSPS) is 14.8. The van der Waals surface area contributed by atoms with Crippen LogP contribution in [0.4, 0.5) is 19.0 Å². The van der Waals surface area contributed by atoms with Crippen LogP contribution in [-0.2, 0) is 17.9 Å². The fourth-order valence-electron chi connectivity index (χ4n) is 3.38. The summed E-state index contributed by atoms with van der Waals surface area (Å²) in [6, 6.07) is 13.2. The van der Waals surface area contributed by atoms with Crippen molar-refractivity contribution in [3.63, 3.8) is 0 Å². The van der Waals surface area contributed by atoms with Gasteiger partial charge < -0.3 is 19.9 Å². The topological polar surface area (TPSA) is 53.0 Å². The Bertz CT molecular complexity index is 843. The van der Waals surface area contributed by atoms with Crippen LogP contribution in [0.1, 0.15) is 18.1 Å². The maximum absolute atomic E-state index is 12.3. The number of nitrogens with one attached hydrogen (secondary N) is 1. The summed E-state index contributed by atoms with van der Waals surface area (Å²) in [5.41, 5.74) is 1.63.